The largest absolute Gasteiger partial charge is 0.477 e. The molecule has 0 aromatic carbocycles. The van der Waals surface area contributed by atoms with E-state index in [1.54, 1.807) is 6.20 Å². The van der Waals surface area contributed by atoms with Crippen LogP contribution in [0.25, 0.3) is 0 Å². The van der Waals surface area contributed by atoms with Crippen molar-refractivity contribution in [3.63, 3.8) is 0 Å². The van der Waals surface area contributed by atoms with Crippen LogP contribution < -0.4 is 4.74 Å². The van der Waals surface area contributed by atoms with Crippen LogP contribution in [-0.4, -0.2) is 11.6 Å². The van der Waals surface area contributed by atoms with Gasteiger partial charge in [-0.05, 0) is 23.8 Å². The van der Waals surface area contributed by atoms with Gasteiger partial charge in [-0.15, -0.1) is 0 Å². The zero-order valence-corrected chi connectivity index (χ0v) is 9.08. The fourth-order valence-corrected chi connectivity index (χ4v) is 2.12. The molecule has 0 saturated heterocycles. The Hall–Kier alpha value is -1.05. The quantitative estimate of drug-likeness (QED) is 0.629. The first-order chi connectivity index (χ1) is 6.59. The lowest BCUT2D eigenvalue weighted by atomic mass is 9.74. The molecule has 1 unspecified atom stereocenters. The lowest BCUT2D eigenvalue weighted by Crippen LogP contribution is -2.25. The first-order valence-electron chi connectivity index (χ1n) is 5.17. The molecule has 0 aliphatic carbocycles. The average Bonchev–Trinajstić information content (AvgIpc) is 2.15. The second kappa shape index (κ2) is 3.26. The molecule has 2 rings (SSSR count). The minimum absolute atomic E-state index is 0.293. The lowest BCUT2D eigenvalue weighted by Gasteiger charge is -2.34. The highest BCUT2D eigenvalue weighted by Gasteiger charge is 2.31. The van der Waals surface area contributed by atoms with E-state index in [0.29, 0.717) is 11.3 Å². The molecular weight excluding hydrogens is 174 g/mol. The molecule has 1 aliphatic heterocycles. The lowest BCUT2D eigenvalue weighted by molar-refractivity contribution is 0.197. The van der Waals surface area contributed by atoms with Crippen molar-refractivity contribution in [2.45, 2.75) is 33.1 Å². The Morgan fingerprint density at radius 2 is 2.21 bits per heavy atom. The molecule has 0 bridgehead atoms. The highest BCUT2D eigenvalue weighted by atomic mass is 16.5. The maximum atomic E-state index is 5.54. The zero-order valence-electron chi connectivity index (χ0n) is 9.08. The minimum atomic E-state index is 0.293. The molecule has 1 aromatic heterocycles. The normalized spacial score (nSPS) is 21.2. The van der Waals surface area contributed by atoms with Gasteiger partial charge in [0.2, 0.25) is 5.88 Å². The Morgan fingerprint density at radius 3 is 2.93 bits per heavy atom. The highest BCUT2D eigenvalue weighted by molar-refractivity contribution is 5.32. The molecule has 0 spiro atoms. The second-order valence-corrected chi connectivity index (χ2v) is 4.95. The maximum Gasteiger partial charge on any atom is 0.216 e. The molecular formula is C12H17NO. The van der Waals surface area contributed by atoms with E-state index in [2.05, 4.69) is 31.8 Å². The molecule has 2 nitrogen and oxygen atoms in total. The molecule has 14 heavy (non-hydrogen) atoms. The van der Waals surface area contributed by atoms with Gasteiger partial charge in [-0.2, -0.15) is 0 Å². The summed E-state index contributed by atoms with van der Waals surface area (Å²) in [6.45, 7) is 7.63. The van der Waals surface area contributed by atoms with E-state index in [-0.39, 0.29) is 0 Å². The zero-order chi connectivity index (χ0) is 10.2. The van der Waals surface area contributed by atoms with Gasteiger partial charge in [-0.1, -0.05) is 26.8 Å². The van der Waals surface area contributed by atoms with E-state index in [9.17, 15) is 0 Å². The van der Waals surface area contributed by atoms with Crippen LogP contribution >= 0.6 is 0 Å². The predicted molar refractivity (Wildman–Crippen MR) is 56.5 cm³/mol. The molecule has 2 heterocycles. The number of aromatic nitrogens is 1. The van der Waals surface area contributed by atoms with Gasteiger partial charge in [0.25, 0.3) is 0 Å². The van der Waals surface area contributed by atoms with Crippen molar-refractivity contribution in [3.05, 3.63) is 23.9 Å². The molecule has 0 amide bonds. The second-order valence-electron chi connectivity index (χ2n) is 4.95. The van der Waals surface area contributed by atoms with E-state index < -0.39 is 0 Å². The number of hydrogen-bond donors (Lipinski definition) is 0. The Kier molecular flexibility index (Phi) is 2.22. The molecule has 1 aliphatic rings. The van der Waals surface area contributed by atoms with E-state index in [1.165, 1.54) is 5.56 Å². The predicted octanol–water partition coefficient (Wildman–Crippen LogP) is 2.99. The van der Waals surface area contributed by atoms with Crippen LogP contribution in [0.15, 0.2) is 18.3 Å². The van der Waals surface area contributed by atoms with E-state index in [1.807, 2.05) is 6.07 Å². The first kappa shape index (κ1) is 9.50. The molecule has 2 heteroatoms. The van der Waals surface area contributed by atoms with Gasteiger partial charge in [0.1, 0.15) is 0 Å². The third-order valence-corrected chi connectivity index (χ3v) is 2.87. The van der Waals surface area contributed by atoms with Crippen molar-refractivity contribution >= 4 is 0 Å². The summed E-state index contributed by atoms with van der Waals surface area (Å²) in [6.07, 6.45) is 2.89. The van der Waals surface area contributed by atoms with Crippen molar-refractivity contribution in [2.24, 2.45) is 5.41 Å². The number of ether oxygens (including phenoxy) is 1. The first-order valence-corrected chi connectivity index (χ1v) is 5.17. The fraction of sp³-hybridized carbons (Fsp3) is 0.583. The molecule has 76 valence electrons. The monoisotopic (exact) mass is 191 g/mol. The van der Waals surface area contributed by atoms with Gasteiger partial charge in [0, 0.05) is 11.8 Å². The van der Waals surface area contributed by atoms with Crippen LogP contribution in [0, 0.1) is 5.41 Å². The third-order valence-electron chi connectivity index (χ3n) is 2.87. The van der Waals surface area contributed by atoms with E-state index in [0.717, 1.165) is 18.9 Å². The van der Waals surface area contributed by atoms with Crippen molar-refractivity contribution < 1.29 is 4.74 Å². The molecule has 1 atom stereocenters. The Balaban J connectivity index is 2.41. The standard InChI is InChI=1S/C12H17NO/c1-12(2,3)10-6-8-14-11-9(10)5-4-7-13-11/h4-5,7,10H,6,8H2,1-3H3. The van der Waals surface area contributed by atoms with Crippen LogP contribution in [0.1, 0.15) is 38.7 Å². The highest BCUT2D eigenvalue weighted by Crippen LogP contribution is 2.43. The van der Waals surface area contributed by atoms with Gasteiger partial charge in [-0.25, -0.2) is 4.98 Å². The van der Waals surface area contributed by atoms with Gasteiger partial charge in [0.15, 0.2) is 0 Å². The molecule has 1 aromatic rings. The van der Waals surface area contributed by atoms with Crippen LogP contribution in [0.3, 0.4) is 0 Å². The summed E-state index contributed by atoms with van der Waals surface area (Å²) in [7, 11) is 0. The van der Waals surface area contributed by atoms with Gasteiger partial charge >= 0.3 is 0 Å². The van der Waals surface area contributed by atoms with Gasteiger partial charge < -0.3 is 4.74 Å². The van der Waals surface area contributed by atoms with Crippen LogP contribution in [0.4, 0.5) is 0 Å². The summed E-state index contributed by atoms with van der Waals surface area (Å²) in [4.78, 5) is 4.26. The SMILES string of the molecule is CC(C)(C)C1CCOc2ncccc21. The van der Waals surface area contributed by atoms with Crippen molar-refractivity contribution in [1.29, 1.82) is 0 Å². The summed E-state index contributed by atoms with van der Waals surface area (Å²) < 4.78 is 5.54. The van der Waals surface area contributed by atoms with Crippen molar-refractivity contribution in [3.8, 4) is 5.88 Å². The minimum Gasteiger partial charge on any atom is -0.477 e. The third kappa shape index (κ3) is 1.61. The summed E-state index contributed by atoms with van der Waals surface area (Å²) >= 11 is 0. The number of rotatable bonds is 0. The van der Waals surface area contributed by atoms with Crippen LogP contribution in [-0.2, 0) is 0 Å². The number of nitrogens with zero attached hydrogens (tertiary/aromatic N) is 1. The Labute approximate surface area is 85.3 Å². The molecule has 0 radical (unpaired) electrons. The molecule has 0 saturated carbocycles. The molecule has 0 N–H and O–H groups in total. The summed E-state index contributed by atoms with van der Waals surface area (Å²) in [5.74, 6) is 1.40. The van der Waals surface area contributed by atoms with Crippen LogP contribution in [0.2, 0.25) is 0 Å². The Bertz CT molecular complexity index is 327. The van der Waals surface area contributed by atoms with Gasteiger partial charge in [0.05, 0.1) is 6.61 Å². The number of fused-ring (bicyclic) bond motifs is 1. The van der Waals surface area contributed by atoms with Crippen LogP contribution in [0.5, 0.6) is 5.88 Å². The maximum absolute atomic E-state index is 5.54. The van der Waals surface area contributed by atoms with E-state index in [4.69, 9.17) is 4.74 Å². The van der Waals surface area contributed by atoms with Gasteiger partial charge in [-0.3, -0.25) is 0 Å². The average molecular weight is 191 g/mol. The molecule has 0 fully saturated rings. The fourth-order valence-electron chi connectivity index (χ4n) is 2.12. The summed E-state index contributed by atoms with van der Waals surface area (Å²) in [5, 5.41) is 0. The number of pyridine rings is 1. The smallest absolute Gasteiger partial charge is 0.216 e. The summed E-state index contributed by atoms with van der Waals surface area (Å²) in [5.41, 5.74) is 1.56. The topological polar surface area (TPSA) is 22.1 Å². The van der Waals surface area contributed by atoms with E-state index >= 15 is 0 Å². The Morgan fingerprint density at radius 1 is 1.43 bits per heavy atom. The van der Waals surface area contributed by atoms with Crippen molar-refractivity contribution in [1.82, 2.24) is 4.98 Å². The van der Waals surface area contributed by atoms with Crippen molar-refractivity contribution in [2.75, 3.05) is 6.61 Å². The summed E-state index contributed by atoms with van der Waals surface area (Å²) in [6, 6.07) is 4.13. The number of hydrogen-bond acceptors (Lipinski definition) is 2.